The second-order valence-electron chi connectivity index (χ2n) is 14.5. The second kappa shape index (κ2) is 13.3. The number of pyridine rings is 1. The largest absolute Gasteiger partial charge is 0.507 e. The third kappa shape index (κ3) is 6.76. The van der Waals surface area contributed by atoms with E-state index in [9.17, 15) is 5.11 Å². The molecule has 0 fully saturated rings. The molecule has 5 heteroatoms. The Labute approximate surface area is 303 Å². The normalized spacial score (nSPS) is 11.8. The number of hydrogen-bond acceptors (Lipinski definition) is 3. The summed E-state index contributed by atoms with van der Waals surface area (Å²) in [6, 6.07) is 45.3. The molecule has 1 N–H and O–H groups in total. The Morgan fingerprint density at radius 1 is 0.633 bits per heavy atom. The van der Waals surface area contributed by atoms with Gasteiger partial charge in [0.1, 0.15) is 11.4 Å². The van der Waals surface area contributed by atoms with Gasteiger partial charge in [-0.05, 0) is 62.7 Å². The van der Waals surface area contributed by atoms with Gasteiger partial charge in [0.2, 0.25) is 0 Å². The Hall–Kier alpha value is -4.79. The minimum atomic E-state index is -0.257. The summed E-state index contributed by atoms with van der Waals surface area (Å²) in [5.74, 6) is 0.274. The summed E-state index contributed by atoms with van der Waals surface area (Å²) in [5.41, 5.74) is 11.0. The number of fused-ring (bicyclic) bond motifs is 1. The van der Waals surface area contributed by atoms with E-state index < -0.39 is 0 Å². The van der Waals surface area contributed by atoms with Gasteiger partial charge in [-0.2, -0.15) is 5.10 Å². The van der Waals surface area contributed by atoms with E-state index in [0.717, 1.165) is 72.5 Å². The van der Waals surface area contributed by atoms with E-state index in [-0.39, 0.29) is 37.6 Å². The van der Waals surface area contributed by atoms with Crippen molar-refractivity contribution in [1.29, 1.82) is 0 Å². The smallest absolute Gasteiger partial charge is 0.128 e. The van der Waals surface area contributed by atoms with Crippen molar-refractivity contribution < 1.29 is 26.2 Å². The maximum Gasteiger partial charge on any atom is 0.128 e. The molecule has 7 rings (SSSR count). The minimum absolute atomic E-state index is 0. The predicted octanol–water partition coefficient (Wildman–Crippen LogP) is 11.2. The number of nitrogens with zero attached hydrogens (tertiary/aromatic N) is 3. The third-order valence-corrected chi connectivity index (χ3v) is 8.96. The van der Waals surface area contributed by atoms with Crippen LogP contribution in [0.5, 0.6) is 5.75 Å². The molecule has 0 aliphatic heterocycles. The monoisotopic (exact) mass is 821 g/mol. The minimum Gasteiger partial charge on any atom is -0.507 e. The molecule has 0 bridgehead atoms. The average Bonchev–Trinajstić information content (AvgIpc) is 3.47. The topological polar surface area (TPSA) is 50.9 Å². The zero-order valence-corrected chi connectivity index (χ0v) is 31.0. The van der Waals surface area contributed by atoms with Crippen LogP contribution in [-0.2, 0) is 31.9 Å². The molecule has 0 unspecified atom stereocenters. The first-order valence-corrected chi connectivity index (χ1v) is 16.5. The van der Waals surface area contributed by atoms with Crippen LogP contribution in [0.15, 0.2) is 128 Å². The van der Waals surface area contributed by atoms with Gasteiger partial charge in [-0.15, -0.1) is 23.8 Å². The quantitative estimate of drug-likeness (QED) is 0.176. The molecule has 248 valence electrons. The Bertz CT molecular complexity index is 2260. The Balaban J connectivity index is 0.00000417. The Kier molecular flexibility index (Phi) is 9.22. The molecular formula is C44H40N3OPt-. The molecule has 0 amide bonds. The number of hydrogen-bond donors (Lipinski definition) is 1. The van der Waals surface area contributed by atoms with Crippen LogP contribution in [0, 0.1) is 6.07 Å². The number of benzene rings is 5. The van der Waals surface area contributed by atoms with Crippen LogP contribution in [0.1, 0.15) is 52.7 Å². The number of aromatic hydroxyl groups is 1. The van der Waals surface area contributed by atoms with E-state index in [1.54, 1.807) is 0 Å². The van der Waals surface area contributed by atoms with Crippen molar-refractivity contribution >= 4 is 10.9 Å². The van der Waals surface area contributed by atoms with Crippen LogP contribution < -0.4 is 0 Å². The summed E-state index contributed by atoms with van der Waals surface area (Å²) in [7, 11) is 0. The molecule has 4 nitrogen and oxygen atoms in total. The van der Waals surface area contributed by atoms with Crippen LogP contribution in [0.4, 0.5) is 0 Å². The summed E-state index contributed by atoms with van der Waals surface area (Å²) in [4.78, 5) is 4.80. The van der Waals surface area contributed by atoms with Crippen LogP contribution in [0.3, 0.4) is 0 Å². The second-order valence-corrected chi connectivity index (χ2v) is 14.5. The van der Waals surface area contributed by atoms with Crippen molar-refractivity contribution in [2.24, 2.45) is 0 Å². The van der Waals surface area contributed by atoms with E-state index in [0.29, 0.717) is 0 Å². The van der Waals surface area contributed by atoms with Gasteiger partial charge in [-0.1, -0.05) is 138 Å². The maximum atomic E-state index is 11.8. The zero-order chi connectivity index (χ0) is 33.6. The van der Waals surface area contributed by atoms with Crippen molar-refractivity contribution in [3.05, 3.63) is 145 Å². The van der Waals surface area contributed by atoms with Gasteiger partial charge in [-0.25, -0.2) is 0 Å². The summed E-state index contributed by atoms with van der Waals surface area (Å²) >= 11 is 0. The van der Waals surface area contributed by atoms with Crippen molar-refractivity contribution in [2.45, 2.75) is 52.4 Å². The predicted molar refractivity (Wildman–Crippen MR) is 199 cm³/mol. The van der Waals surface area contributed by atoms with E-state index in [4.69, 9.17) is 10.1 Å². The third-order valence-electron chi connectivity index (χ3n) is 8.96. The van der Waals surface area contributed by atoms with Gasteiger partial charge in [0.05, 0.1) is 5.52 Å². The molecule has 7 aromatic rings. The molecule has 0 spiro atoms. The maximum absolute atomic E-state index is 11.8. The van der Waals surface area contributed by atoms with Crippen LogP contribution >= 0.6 is 0 Å². The summed E-state index contributed by atoms with van der Waals surface area (Å²) < 4.78 is 1.96. The van der Waals surface area contributed by atoms with E-state index in [1.165, 1.54) is 0 Å². The molecule has 0 aliphatic rings. The first-order valence-electron chi connectivity index (χ1n) is 16.5. The fraction of sp³-hybridized carbons (Fsp3) is 0.182. The number of rotatable bonds is 5. The number of para-hydroxylation sites is 1. The number of aromatic nitrogens is 3. The fourth-order valence-electron chi connectivity index (χ4n) is 6.26. The molecular weight excluding hydrogens is 782 g/mol. The Morgan fingerprint density at radius 2 is 1.27 bits per heavy atom. The van der Waals surface area contributed by atoms with Crippen molar-refractivity contribution in [2.75, 3.05) is 0 Å². The first kappa shape index (κ1) is 34.1. The van der Waals surface area contributed by atoms with Crippen LogP contribution in [0.2, 0.25) is 0 Å². The van der Waals surface area contributed by atoms with Crippen molar-refractivity contribution in [3.8, 4) is 56.2 Å². The molecule has 2 heterocycles. The van der Waals surface area contributed by atoms with Crippen molar-refractivity contribution in [3.63, 3.8) is 0 Å². The first-order chi connectivity index (χ1) is 23.0. The molecule has 2 aromatic heterocycles. The molecule has 49 heavy (non-hydrogen) atoms. The van der Waals surface area contributed by atoms with Gasteiger partial charge >= 0.3 is 0 Å². The summed E-state index contributed by atoms with van der Waals surface area (Å²) in [5, 5.41) is 18.1. The van der Waals surface area contributed by atoms with E-state index >= 15 is 0 Å². The van der Waals surface area contributed by atoms with Gasteiger partial charge in [0.25, 0.3) is 0 Å². The summed E-state index contributed by atoms with van der Waals surface area (Å²) in [6.45, 7) is 13.0. The van der Waals surface area contributed by atoms with Gasteiger partial charge in [-0.3, -0.25) is 4.68 Å². The number of phenols is 1. The average molecular weight is 822 g/mol. The van der Waals surface area contributed by atoms with Gasteiger partial charge in [0, 0.05) is 43.8 Å². The fourth-order valence-corrected chi connectivity index (χ4v) is 6.26. The molecule has 0 atom stereocenters. The Morgan fingerprint density at radius 3 is 1.92 bits per heavy atom. The van der Waals surface area contributed by atoms with E-state index in [1.807, 2.05) is 41.2 Å². The van der Waals surface area contributed by atoms with Crippen LogP contribution in [0.25, 0.3) is 61.4 Å². The zero-order valence-electron chi connectivity index (χ0n) is 28.7. The summed E-state index contributed by atoms with van der Waals surface area (Å²) in [6.07, 6.45) is 1.86. The van der Waals surface area contributed by atoms with Gasteiger partial charge < -0.3 is 10.1 Å². The molecule has 5 aromatic carbocycles. The molecule has 0 radical (unpaired) electrons. The van der Waals surface area contributed by atoms with Crippen LogP contribution in [-0.4, -0.2) is 19.9 Å². The SMILES string of the molecule is CC(C)(C)c1cc(-c2nn(-c3[c-]c(-c4cc(-c5ccccc5)ccn4)cc(-c4ccccc4)c3)c3ccccc23)c(O)c(C(C)(C)C)c1.[Pt]. The number of phenolic OH excluding ortho intramolecular Hbond substituents is 1. The van der Waals surface area contributed by atoms with Gasteiger partial charge in [0.15, 0.2) is 0 Å². The molecule has 0 aliphatic carbocycles. The molecule has 0 saturated heterocycles. The van der Waals surface area contributed by atoms with E-state index in [2.05, 4.69) is 139 Å². The van der Waals surface area contributed by atoms with Crippen molar-refractivity contribution in [1.82, 2.24) is 14.8 Å². The standard InChI is InChI=1S/C44H40N3O.Pt/c1-43(2,3)34-27-37(42(48)38(28-34)44(4,5)6)41-36-19-13-14-20-40(36)47(46-41)35-24-32(30-17-11-8-12-18-30)23-33(25-35)39-26-31(21-22-45-39)29-15-9-7-10-16-29;/h7-24,26-28,48H,1-6H3;/q-1;. The molecule has 0 saturated carbocycles.